The highest BCUT2D eigenvalue weighted by Crippen LogP contribution is 2.50. The largest absolute Gasteiger partial charge is 0.488 e. The lowest BCUT2D eigenvalue weighted by atomic mass is 9.85. The molecule has 0 saturated carbocycles. The van der Waals surface area contributed by atoms with Crippen LogP contribution in [0.25, 0.3) is 11.1 Å². The third-order valence-corrected chi connectivity index (χ3v) is 6.09. The van der Waals surface area contributed by atoms with Gasteiger partial charge in [-0.05, 0) is 17.7 Å². The van der Waals surface area contributed by atoms with E-state index in [2.05, 4.69) is 5.32 Å². The van der Waals surface area contributed by atoms with Gasteiger partial charge in [-0.2, -0.15) is 0 Å². The normalized spacial score (nSPS) is 19.2. The Morgan fingerprint density at radius 1 is 1.29 bits per heavy atom. The Morgan fingerprint density at radius 3 is 2.68 bits per heavy atom. The van der Waals surface area contributed by atoms with E-state index in [1.807, 2.05) is 0 Å². The van der Waals surface area contributed by atoms with Gasteiger partial charge in [0.2, 0.25) is 0 Å². The zero-order valence-corrected chi connectivity index (χ0v) is 18.7. The molecule has 0 fully saturated rings. The van der Waals surface area contributed by atoms with Crippen molar-refractivity contribution in [1.29, 1.82) is 0 Å². The quantitative estimate of drug-likeness (QED) is 0.466. The second kappa shape index (κ2) is 9.58. The minimum absolute atomic E-state index is 0.0202. The van der Waals surface area contributed by atoms with Crippen LogP contribution in [0.15, 0.2) is 48.5 Å². The summed E-state index contributed by atoms with van der Waals surface area (Å²) in [5.74, 6) is -3.91. The molecule has 9 heteroatoms. The molecule has 0 bridgehead atoms. The summed E-state index contributed by atoms with van der Waals surface area (Å²) in [4.78, 5) is 12.7. The van der Waals surface area contributed by atoms with Crippen LogP contribution in [0.2, 0.25) is 5.02 Å². The fraction of sp³-hybridized carbons (Fsp3) is 0.240. The SMILES string of the molecule is [2H]C([2H])(O)C([2H])([2H])Oc1ccc(C(=O)NC)c(-c2c(Cl)c(F)cc3c2C[C@@](CN)(c2ccccc2)O3)c1F. The van der Waals surface area contributed by atoms with Crippen LogP contribution in [0.5, 0.6) is 11.5 Å². The van der Waals surface area contributed by atoms with Crippen molar-refractivity contribution in [3.05, 3.63) is 81.9 Å². The standard InChI is InChI=1S/C25H23ClF2N2O4/c1-30-24(32)15-7-8-18(33-10-9-31)23(28)21(15)20-16-12-25(13-29,14-5-3-2-4-6-14)34-19(16)11-17(27)22(20)26/h2-8,11,31H,9-10,12-13,29H2,1H3,(H,30,32)/t25-/m1/s1/i9D2,10D2. The van der Waals surface area contributed by atoms with Crippen molar-refractivity contribution in [1.82, 2.24) is 5.32 Å². The maximum Gasteiger partial charge on any atom is 0.251 e. The first-order valence-electron chi connectivity index (χ1n) is 12.2. The van der Waals surface area contributed by atoms with Crippen molar-refractivity contribution < 1.29 is 33.6 Å². The van der Waals surface area contributed by atoms with Crippen LogP contribution in [0.4, 0.5) is 8.78 Å². The molecule has 34 heavy (non-hydrogen) atoms. The third-order valence-electron chi connectivity index (χ3n) is 5.72. The molecule has 4 N–H and O–H groups in total. The van der Waals surface area contributed by atoms with E-state index in [0.29, 0.717) is 5.56 Å². The van der Waals surface area contributed by atoms with Crippen LogP contribution in [0, 0.1) is 11.6 Å². The topological polar surface area (TPSA) is 93.8 Å². The van der Waals surface area contributed by atoms with Gasteiger partial charge >= 0.3 is 0 Å². The van der Waals surface area contributed by atoms with Crippen LogP contribution in [0.1, 0.15) is 27.0 Å². The number of halogens is 3. The fourth-order valence-corrected chi connectivity index (χ4v) is 4.38. The molecule has 1 atom stereocenters. The molecule has 0 spiro atoms. The van der Waals surface area contributed by atoms with E-state index in [4.69, 9.17) is 32.3 Å². The van der Waals surface area contributed by atoms with Crippen LogP contribution in [-0.2, 0) is 12.0 Å². The summed E-state index contributed by atoms with van der Waals surface area (Å²) in [5, 5.41) is 11.3. The Bertz CT molecular complexity index is 1410. The fourth-order valence-electron chi connectivity index (χ4n) is 4.12. The lowest BCUT2D eigenvalue weighted by Gasteiger charge is -2.27. The van der Waals surface area contributed by atoms with Crippen molar-refractivity contribution in [3.8, 4) is 22.6 Å². The van der Waals surface area contributed by atoms with Gasteiger partial charge in [0.25, 0.3) is 5.91 Å². The van der Waals surface area contributed by atoms with Crippen LogP contribution < -0.4 is 20.5 Å². The second-order valence-corrected chi connectivity index (χ2v) is 7.94. The number of carbonyl (C=O) groups is 1. The molecular weight excluding hydrogens is 466 g/mol. The Hall–Kier alpha value is -3.20. The monoisotopic (exact) mass is 492 g/mol. The van der Waals surface area contributed by atoms with Gasteiger partial charge in [0.1, 0.15) is 18.1 Å². The summed E-state index contributed by atoms with van der Waals surface area (Å²) in [5.41, 5.74) is 4.81. The first-order chi connectivity index (χ1) is 17.8. The molecule has 1 aliphatic rings. The molecule has 0 radical (unpaired) electrons. The summed E-state index contributed by atoms with van der Waals surface area (Å²) in [6.45, 7) is -6.94. The van der Waals surface area contributed by atoms with Gasteiger partial charge in [0.05, 0.1) is 22.6 Å². The van der Waals surface area contributed by atoms with E-state index < -0.39 is 52.6 Å². The molecule has 3 aromatic carbocycles. The van der Waals surface area contributed by atoms with Crippen LogP contribution in [-0.4, -0.2) is 37.7 Å². The Kier molecular flexibility index (Phi) is 5.39. The van der Waals surface area contributed by atoms with Crippen molar-refractivity contribution >= 4 is 17.5 Å². The number of hydrogen-bond acceptors (Lipinski definition) is 5. The molecular formula is C25H23ClF2N2O4. The first kappa shape index (κ1) is 19.1. The molecule has 0 unspecified atom stereocenters. The summed E-state index contributed by atoms with van der Waals surface area (Å²) < 4.78 is 72.1. The minimum Gasteiger partial charge on any atom is -0.488 e. The van der Waals surface area contributed by atoms with Gasteiger partial charge in [-0.3, -0.25) is 4.79 Å². The Labute approximate surface area is 205 Å². The molecule has 0 aromatic heterocycles. The van der Waals surface area contributed by atoms with E-state index in [9.17, 15) is 9.90 Å². The number of ether oxygens (including phenoxy) is 2. The molecule has 1 aliphatic heterocycles. The van der Waals surface area contributed by atoms with Gasteiger partial charge < -0.3 is 25.6 Å². The van der Waals surface area contributed by atoms with E-state index >= 15 is 8.78 Å². The van der Waals surface area contributed by atoms with Gasteiger partial charge in [-0.1, -0.05) is 41.9 Å². The number of aliphatic hydroxyl groups is 1. The maximum atomic E-state index is 16.1. The molecule has 0 saturated heterocycles. The van der Waals surface area contributed by atoms with Gasteiger partial charge in [0.15, 0.2) is 17.2 Å². The molecule has 1 amide bonds. The summed E-state index contributed by atoms with van der Waals surface area (Å²) in [6, 6.07) is 11.9. The molecule has 6 nitrogen and oxygen atoms in total. The third kappa shape index (κ3) is 3.98. The van der Waals surface area contributed by atoms with Gasteiger partial charge in [0, 0.05) is 42.8 Å². The first-order valence-corrected chi connectivity index (χ1v) is 10.6. The molecule has 3 aromatic rings. The predicted molar refractivity (Wildman–Crippen MR) is 124 cm³/mol. The number of carbonyl (C=O) groups excluding carboxylic acids is 1. The number of hydrogen-bond donors (Lipinski definition) is 3. The number of nitrogens with two attached hydrogens (primary N) is 1. The second-order valence-electron chi connectivity index (χ2n) is 7.56. The van der Waals surface area contributed by atoms with E-state index in [1.165, 1.54) is 7.05 Å². The number of amides is 1. The smallest absolute Gasteiger partial charge is 0.251 e. The zero-order chi connectivity index (χ0) is 28.0. The summed E-state index contributed by atoms with van der Waals surface area (Å²) in [7, 11) is 1.29. The summed E-state index contributed by atoms with van der Waals surface area (Å²) >= 11 is 6.37. The van der Waals surface area contributed by atoms with Crippen molar-refractivity contribution in [2.24, 2.45) is 5.73 Å². The molecule has 178 valence electrons. The van der Waals surface area contributed by atoms with E-state index in [1.54, 1.807) is 30.3 Å². The highest BCUT2D eigenvalue weighted by Gasteiger charge is 2.43. The van der Waals surface area contributed by atoms with Crippen molar-refractivity contribution in [2.75, 3.05) is 26.7 Å². The minimum atomic E-state index is -3.51. The average Bonchev–Trinajstić information content (AvgIpc) is 3.25. The average molecular weight is 493 g/mol. The lowest BCUT2D eigenvalue weighted by Crippen LogP contribution is -2.39. The molecule has 1 heterocycles. The highest BCUT2D eigenvalue weighted by atomic mass is 35.5. The van der Waals surface area contributed by atoms with Crippen molar-refractivity contribution in [2.45, 2.75) is 12.0 Å². The maximum absolute atomic E-state index is 16.1. The highest BCUT2D eigenvalue weighted by molar-refractivity contribution is 6.34. The predicted octanol–water partition coefficient (Wildman–Crippen LogP) is 3.81. The van der Waals surface area contributed by atoms with Gasteiger partial charge in [-0.15, -0.1) is 0 Å². The number of benzene rings is 3. The zero-order valence-electron chi connectivity index (χ0n) is 21.9. The van der Waals surface area contributed by atoms with E-state index in [0.717, 1.165) is 18.2 Å². The summed E-state index contributed by atoms with van der Waals surface area (Å²) in [6.07, 6.45) is 0.0237. The van der Waals surface area contributed by atoms with Gasteiger partial charge in [-0.25, -0.2) is 8.78 Å². The van der Waals surface area contributed by atoms with E-state index in [-0.39, 0.29) is 35.4 Å². The number of nitrogens with one attached hydrogen (secondary N) is 1. The van der Waals surface area contributed by atoms with Crippen LogP contribution >= 0.6 is 11.6 Å². The van der Waals surface area contributed by atoms with Crippen LogP contribution in [0.3, 0.4) is 0 Å². The van der Waals surface area contributed by atoms with Crippen molar-refractivity contribution in [3.63, 3.8) is 0 Å². The Morgan fingerprint density at radius 2 is 2.03 bits per heavy atom. The molecule has 0 aliphatic carbocycles. The number of rotatable bonds is 7. The molecule has 4 rings (SSSR count). The Balaban J connectivity index is 1.98. The number of fused-ring (bicyclic) bond motifs is 1. The lowest BCUT2D eigenvalue weighted by molar-refractivity contribution is 0.0963.